The van der Waals surface area contributed by atoms with E-state index in [2.05, 4.69) is 0 Å². The molecule has 0 aliphatic heterocycles. The molecule has 0 heterocycles. The first kappa shape index (κ1) is 20.3. The Morgan fingerprint density at radius 3 is 1.83 bits per heavy atom. The van der Waals surface area contributed by atoms with Crippen LogP contribution >= 0.6 is 23.2 Å². The smallest absolute Gasteiger partial charge is 0.345 e. The summed E-state index contributed by atoms with van der Waals surface area (Å²) in [6.07, 6.45) is 0. The highest BCUT2D eigenvalue weighted by molar-refractivity contribution is 6.34. The minimum absolute atomic E-state index is 0.0534. The van der Waals surface area contributed by atoms with Gasteiger partial charge in [-0.05, 0) is 36.4 Å². The van der Waals surface area contributed by atoms with Gasteiger partial charge in [0.1, 0.15) is 5.75 Å². The molecular weight excluding hydrogens is 421 g/mol. The summed E-state index contributed by atoms with van der Waals surface area (Å²) in [6, 6.07) is 15.7. The van der Waals surface area contributed by atoms with Crippen LogP contribution in [0, 0.1) is 10.1 Å². The van der Waals surface area contributed by atoms with Gasteiger partial charge in [0.25, 0.3) is 0 Å². The van der Waals surface area contributed by atoms with E-state index in [0.717, 1.165) is 12.1 Å². The SMILES string of the molecule is O=C(Oc1ccc(OC(=O)c2ccccc2Cl)c([N+](=O)[O-])c1)c1ccccc1Cl. The molecule has 0 atom stereocenters. The van der Waals surface area contributed by atoms with Crippen LogP contribution in [-0.4, -0.2) is 16.9 Å². The summed E-state index contributed by atoms with van der Waals surface area (Å²) < 4.78 is 10.3. The molecule has 0 aliphatic rings. The fraction of sp³-hybridized carbons (Fsp3) is 0. The molecule has 3 rings (SSSR count). The van der Waals surface area contributed by atoms with E-state index in [1.54, 1.807) is 24.3 Å². The highest BCUT2D eigenvalue weighted by Gasteiger charge is 2.22. The maximum absolute atomic E-state index is 12.3. The minimum Gasteiger partial charge on any atom is -0.423 e. The van der Waals surface area contributed by atoms with E-state index < -0.39 is 22.5 Å². The molecule has 0 amide bonds. The number of nitrogens with zero attached hydrogens (tertiary/aromatic N) is 1. The van der Waals surface area contributed by atoms with Crippen LogP contribution in [0.1, 0.15) is 20.7 Å². The third kappa shape index (κ3) is 4.71. The topological polar surface area (TPSA) is 95.7 Å². The maximum atomic E-state index is 12.3. The van der Waals surface area contributed by atoms with Gasteiger partial charge in [0.05, 0.1) is 32.2 Å². The summed E-state index contributed by atoms with van der Waals surface area (Å²) in [4.78, 5) is 35.1. The largest absolute Gasteiger partial charge is 0.423 e. The molecule has 0 saturated heterocycles. The summed E-state index contributed by atoms with van der Waals surface area (Å²) in [5.74, 6) is -2.08. The Labute approximate surface area is 174 Å². The normalized spacial score (nSPS) is 10.3. The Balaban J connectivity index is 1.85. The molecule has 0 saturated carbocycles. The Morgan fingerprint density at radius 2 is 1.31 bits per heavy atom. The van der Waals surface area contributed by atoms with Crippen molar-refractivity contribution in [1.82, 2.24) is 0 Å². The molecule has 9 heteroatoms. The third-order valence-electron chi connectivity index (χ3n) is 3.73. The third-order valence-corrected chi connectivity index (χ3v) is 4.39. The van der Waals surface area contributed by atoms with E-state index in [0.29, 0.717) is 0 Å². The monoisotopic (exact) mass is 431 g/mol. The highest BCUT2D eigenvalue weighted by atomic mass is 35.5. The van der Waals surface area contributed by atoms with Crippen molar-refractivity contribution in [3.8, 4) is 11.5 Å². The van der Waals surface area contributed by atoms with Crippen molar-refractivity contribution < 1.29 is 24.0 Å². The number of esters is 2. The Hall–Kier alpha value is -3.42. The van der Waals surface area contributed by atoms with Crippen LogP contribution < -0.4 is 9.47 Å². The van der Waals surface area contributed by atoms with Crippen LogP contribution in [0.2, 0.25) is 10.0 Å². The molecule has 0 unspecified atom stereocenters. The number of ether oxygens (including phenoxy) is 2. The van der Waals surface area contributed by atoms with Crippen LogP contribution in [0.5, 0.6) is 11.5 Å². The molecule has 0 N–H and O–H groups in total. The molecule has 0 aliphatic carbocycles. The minimum atomic E-state index is -0.862. The predicted molar refractivity (Wildman–Crippen MR) is 106 cm³/mol. The quantitative estimate of drug-likeness (QED) is 0.234. The fourth-order valence-corrected chi connectivity index (χ4v) is 2.79. The first-order chi connectivity index (χ1) is 13.9. The van der Waals surface area contributed by atoms with Crippen LogP contribution in [-0.2, 0) is 0 Å². The molecule has 3 aromatic carbocycles. The Morgan fingerprint density at radius 1 is 0.793 bits per heavy atom. The van der Waals surface area contributed by atoms with E-state index in [-0.39, 0.29) is 32.7 Å². The van der Waals surface area contributed by atoms with Gasteiger partial charge in [0, 0.05) is 0 Å². The second kappa shape index (κ2) is 8.72. The molecule has 0 fully saturated rings. The fourth-order valence-electron chi connectivity index (χ4n) is 2.36. The van der Waals surface area contributed by atoms with Crippen molar-refractivity contribution in [3.05, 3.63) is 98.0 Å². The average molecular weight is 432 g/mol. The van der Waals surface area contributed by atoms with Gasteiger partial charge in [-0.2, -0.15) is 0 Å². The van der Waals surface area contributed by atoms with Gasteiger partial charge in [0.2, 0.25) is 5.75 Å². The molecule has 0 radical (unpaired) electrons. The predicted octanol–water partition coefficient (Wildman–Crippen LogP) is 5.34. The number of nitro benzene ring substituents is 1. The van der Waals surface area contributed by atoms with Gasteiger partial charge < -0.3 is 9.47 Å². The number of hydrogen-bond acceptors (Lipinski definition) is 6. The van der Waals surface area contributed by atoms with E-state index >= 15 is 0 Å². The van der Waals surface area contributed by atoms with E-state index in [9.17, 15) is 19.7 Å². The number of nitro groups is 1. The summed E-state index contributed by atoms with van der Waals surface area (Å²) in [6.45, 7) is 0. The molecule has 146 valence electrons. The molecule has 3 aromatic rings. The second-order valence-electron chi connectivity index (χ2n) is 5.63. The van der Waals surface area contributed by atoms with E-state index in [1.165, 1.54) is 30.3 Å². The lowest BCUT2D eigenvalue weighted by Gasteiger charge is -2.09. The van der Waals surface area contributed by atoms with Crippen molar-refractivity contribution in [3.63, 3.8) is 0 Å². The van der Waals surface area contributed by atoms with Crippen molar-refractivity contribution in [1.29, 1.82) is 0 Å². The lowest BCUT2D eigenvalue weighted by atomic mass is 10.2. The highest BCUT2D eigenvalue weighted by Crippen LogP contribution is 2.33. The summed E-state index contributed by atoms with van der Waals surface area (Å²) >= 11 is 11.9. The van der Waals surface area contributed by atoms with Gasteiger partial charge in [-0.1, -0.05) is 47.5 Å². The van der Waals surface area contributed by atoms with Crippen molar-refractivity contribution >= 4 is 40.8 Å². The standard InChI is InChI=1S/C20H11Cl2NO6/c21-15-7-3-1-5-13(15)19(24)28-12-9-10-18(17(11-12)23(26)27)29-20(25)14-6-2-4-8-16(14)22/h1-11H. The summed E-state index contributed by atoms with van der Waals surface area (Å²) in [7, 11) is 0. The van der Waals surface area contributed by atoms with Crippen LogP contribution in [0.3, 0.4) is 0 Å². The summed E-state index contributed by atoms with van der Waals surface area (Å²) in [5, 5.41) is 11.7. The Kier molecular flexibility index (Phi) is 6.11. The van der Waals surface area contributed by atoms with Crippen molar-refractivity contribution in [2.45, 2.75) is 0 Å². The van der Waals surface area contributed by atoms with Crippen LogP contribution in [0.25, 0.3) is 0 Å². The lowest BCUT2D eigenvalue weighted by molar-refractivity contribution is -0.385. The van der Waals surface area contributed by atoms with E-state index in [4.69, 9.17) is 32.7 Å². The zero-order chi connectivity index (χ0) is 21.0. The zero-order valence-electron chi connectivity index (χ0n) is 14.5. The first-order valence-corrected chi connectivity index (χ1v) is 8.84. The molecular formula is C20H11Cl2NO6. The number of hydrogen-bond donors (Lipinski definition) is 0. The first-order valence-electron chi connectivity index (χ1n) is 8.08. The summed E-state index contributed by atoms with van der Waals surface area (Å²) in [5.41, 5.74) is -0.404. The maximum Gasteiger partial charge on any atom is 0.345 e. The van der Waals surface area contributed by atoms with Gasteiger partial charge in [-0.25, -0.2) is 9.59 Å². The van der Waals surface area contributed by atoms with Gasteiger partial charge >= 0.3 is 17.6 Å². The van der Waals surface area contributed by atoms with Gasteiger partial charge in [-0.15, -0.1) is 0 Å². The molecule has 0 bridgehead atoms. The molecule has 0 spiro atoms. The number of benzene rings is 3. The van der Waals surface area contributed by atoms with Crippen molar-refractivity contribution in [2.75, 3.05) is 0 Å². The van der Waals surface area contributed by atoms with Gasteiger partial charge in [0.15, 0.2) is 0 Å². The number of halogens is 2. The van der Waals surface area contributed by atoms with Crippen LogP contribution in [0.15, 0.2) is 66.7 Å². The molecule has 29 heavy (non-hydrogen) atoms. The number of carbonyl (C=O) groups excluding carboxylic acids is 2. The van der Waals surface area contributed by atoms with Gasteiger partial charge in [-0.3, -0.25) is 10.1 Å². The van der Waals surface area contributed by atoms with Crippen LogP contribution in [0.4, 0.5) is 5.69 Å². The molecule has 7 nitrogen and oxygen atoms in total. The zero-order valence-corrected chi connectivity index (χ0v) is 16.0. The lowest BCUT2D eigenvalue weighted by Crippen LogP contribution is -2.11. The number of rotatable bonds is 5. The molecule has 0 aromatic heterocycles. The average Bonchev–Trinajstić information content (AvgIpc) is 2.69. The second-order valence-corrected chi connectivity index (χ2v) is 6.44. The number of carbonyl (C=O) groups is 2. The van der Waals surface area contributed by atoms with Crippen molar-refractivity contribution in [2.24, 2.45) is 0 Å². The van der Waals surface area contributed by atoms with E-state index in [1.807, 2.05) is 0 Å². The Bertz CT molecular complexity index is 1120.